The van der Waals surface area contributed by atoms with Gasteiger partial charge in [-0.3, -0.25) is 10.1 Å². The molecule has 0 unspecified atom stereocenters. The summed E-state index contributed by atoms with van der Waals surface area (Å²) in [4.78, 5) is 16.3. The molecule has 0 aliphatic rings. The topological polar surface area (TPSA) is 68.0 Å². The second-order valence-electron chi connectivity index (χ2n) is 4.75. The van der Waals surface area contributed by atoms with E-state index in [1.165, 1.54) is 17.4 Å². The number of anilines is 2. The third-order valence-electron chi connectivity index (χ3n) is 3.09. The largest absolute Gasteiger partial charge is 0.399 e. The molecule has 0 saturated heterocycles. The van der Waals surface area contributed by atoms with Crippen LogP contribution in [0.4, 0.5) is 19.6 Å². The SMILES string of the molecule is Nc1cccc(-c2csc(NC(=O)c3ccc(F)c(F)c3)n2)c1. The molecule has 0 aliphatic heterocycles. The molecule has 23 heavy (non-hydrogen) atoms. The van der Waals surface area contributed by atoms with Crippen LogP contribution < -0.4 is 11.1 Å². The van der Waals surface area contributed by atoms with E-state index in [1.54, 1.807) is 17.5 Å². The van der Waals surface area contributed by atoms with Crippen LogP contribution in [0, 0.1) is 11.6 Å². The number of carbonyl (C=O) groups is 1. The molecule has 116 valence electrons. The van der Waals surface area contributed by atoms with E-state index < -0.39 is 17.5 Å². The summed E-state index contributed by atoms with van der Waals surface area (Å²) in [6, 6.07) is 10.2. The number of hydrogen-bond acceptors (Lipinski definition) is 4. The van der Waals surface area contributed by atoms with Crippen molar-refractivity contribution in [2.24, 2.45) is 0 Å². The maximum Gasteiger partial charge on any atom is 0.257 e. The maximum absolute atomic E-state index is 13.2. The number of halogens is 2. The molecule has 4 nitrogen and oxygen atoms in total. The van der Waals surface area contributed by atoms with Crippen molar-refractivity contribution in [1.82, 2.24) is 4.98 Å². The molecule has 0 aliphatic carbocycles. The van der Waals surface area contributed by atoms with Crippen LogP contribution in [0.3, 0.4) is 0 Å². The summed E-state index contributed by atoms with van der Waals surface area (Å²) in [7, 11) is 0. The van der Waals surface area contributed by atoms with Crippen LogP contribution in [0.15, 0.2) is 47.8 Å². The Labute approximate surface area is 134 Å². The first kappa shape index (κ1) is 15.1. The van der Waals surface area contributed by atoms with Crippen molar-refractivity contribution >= 4 is 28.1 Å². The number of nitrogens with two attached hydrogens (primary N) is 1. The van der Waals surface area contributed by atoms with Gasteiger partial charge in [-0.05, 0) is 30.3 Å². The van der Waals surface area contributed by atoms with Crippen LogP contribution in [0.1, 0.15) is 10.4 Å². The number of benzene rings is 2. The maximum atomic E-state index is 13.2. The molecule has 3 aromatic rings. The van der Waals surface area contributed by atoms with E-state index in [1.807, 2.05) is 12.1 Å². The fraction of sp³-hybridized carbons (Fsp3) is 0. The van der Waals surface area contributed by atoms with E-state index in [4.69, 9.17) is 5.73 Å². The van der Waals surface area contributed by atoms with Gasteiger partial charge in [0.1, 0.15) is 0 Å². The van der Waals surface area contributed by atoms with Crippen LogP contribution in [-0.4, -0.2) is 10.9 Å². The van der Waals surface area contributed by atoms with Crippen molar-refractivity contribution in [3.63, 3.8) is 0 Å². The highest BCUT2D eigenvalue weighted by Gasteiger charge is 2.12. The first-order valence-electron chi connectivity index (χ1n) is 6.61. The molecule has 0 fully saturated rings. The zero-order valence-electron chi connectivity index (χ0n) is 11.7. The Morgan fingerprint density at radius 2 is 1.96 bits per heavy atom. The van der Waals surface area contributed by atoms with E-state index >= 15 is 0 Å². The van der Waals surface area contributed by atoms with E-state index in [0.717, 1.165) is 17.7 Å². The Bertz CT molecular complexity index is 879. The summed E-state index contributed by atoms with van der Waals surface area (Å²) in [5, 5.41) is 4.69. The zero-order chi connectivity index (χ0) is 16.4. The monoisotopic (exact) mass is 331 g/mol. The number of amides is 1. The van der Waals surface area contributed by atoms with Crippen molar-refractivity contribution in [1.29, 1.82) is 0 Å². The van der Waals surface area contributed by atoms with Crippen LogP contribution in [0.25, 0.3) is 11.3 Å². The van der Waals surface area contributed by atoms with E-state index in [-0.39, 0.29) is 5.56 Å². The highest BCUT2D eigenvalue weighted by Crippen LogP contribution is 2.26. The van der Waals surface area contributed by atoms with Crippen molar-refractivity contribution in [3.8, 4) is 11.3 Å². The third kappa shape index (κ3) is 3.35. The number of nitrogens with zero attached hydrogens (tertiary/aromatic N) is 1. The molecular weight excluding hydrogens is 320 g/mol. The number of aromatic nitrogens is 1. The molecule has 0 radical (unpaired) electrons. The van der Waals surface area contributed by atoms with Gasteiger partial charge in [0, 0.05) is 22.2 Å². The Hall–Kier alpha value is -2.80. The molecule has 3 rings (SSSR count). The van der Waals surface area contributed by atoms with Gasteiger partial charge in [-0.15, -0.1) is 11.3 Å². The highest BCUT2D eigenvalue weighted by atomic mass is 32.1. The standard InChI is InChI=1S/C16H11F2N3OS/c17-12-5-4-10(7-13(12)18)15(22)21-16-20-14(8-23-16)9-2-1-3-11(19)6-9/h1-8H,19H2,(H,20,21,22). The molecule has 0 saturated carbocycles. The average Bonchev–Trinajstić information content (AvgIpc) is 2.98. The lowest BCUT2D eigenvalue weighted by atomic mass is 10.1. The molecule has 0 spiro atoms. The lowest BCUT2D eigenvalue weighted by Crippen LogP contribution is -2.12. The lowest BCUT2D eigenvalue weighted by Gasteiger charge is -2.02. The van der Waals surface area contributed by atoms with Crippen LogP contribution >= 0.6 is 11.3 Å². The third-order valence-corrected chi connectivity index (χ3v) is 3.85. The van der Waals surface area contributed by atoms with Crippen LogP contribution in [-0.2, 0) is 0 Å². The predicted octanol–water partition coefficient (Wildman–Crippen LogP) is 3.92. The molecule has 1 aromatic heterocycles. The molecule has 0 atom stereocenters. The first-order valence-corrected chi connectivity index (χ1v) is 7.49. The summed E-state index contributed by atoms with van der Waals surface area (Å²) >= 11 is 1.23. The van der Waals surface area contributed by atoms with Gasteiger partial charge in [-0.1, -0.05) is 12.1 Å². The van der Waals surface area contributed by atoms with Crippen molar-refractivity contribution in [2.75, 3.05) is 11.1 Å². The van der Waals surface area contributed by atoms with Gasteiger partial charge < -0.3 is 5.73 Å². The van der Waals surface area contributed by atoms with E-state index in [9.17, 15) is 13.6 Å². The average molecular weight is 331 g/mol. The van der Waals surface area contributed by atoms with Crippen molar-refractivity contribution < 1.29 is 13.6 Å². The summed E-state index contributed by atoms with van der Waals surface area (Å²) in [5.74, 6) is -2.63. The molecule has 1 heterocycles. The normalized spacial score (nSPS) is 10.5. The smallest absolute Gasteiger partial charge is 0.257 e. The van der Waals surface area contributed by atoms with E-state index in [2.05, 4.69) is 10.3 Å². The van der Waals surface area contributed by atoms with Gasteiger partial charge in [0.05, 0.1) is 5.69 Å². The molecule has 3 N–H and O–H groups in total. The van der Waals surface area contributed by atoms with Gasteiger partial charge >= 0.3 is 0 Å². The fourth-order valence-electron chi connectivity index (χ4n) is 1.97. The summed E-state index contributed by atoms with van der Waals surface area (Å²) in [6.07, 6.45) is 0. The van der Waals surface area contributed by atoms with Gasteiger partial charge in [-0.2, -0.15) is 0 Å². The number of hydrogen-bond donors (Lipinski definition) is 2. The van der Waals surface area contributed by atoms with Crippen LogP contribution in [0.2, 0.25) is 0 Å². The molecule has 0 bridgehead atoms. The Morgan fingerprint density at radius 3 is 2.70 bits per heavy atom. The van der Waals surface area contributed by atoms with Crippen molar-refractivity contribution in [3.05, 3.63) is 65.0 Å². The minimum atomic E-state index is -1.07. The molecule has 1 amide bonds. The first-order chi connectivity index (χ1) is 11.0. The highest BCUT2D eigenvalue weighted by molar-refractivity contribution is 7.14. The van der Waals surface area contributed by atoms with Gasteiger partial charge in [0.2, 0.25) is 0 Å². The number of rotatable bonds is 3. The Morgan fingerprint density at radius 1 is 1.13 bits per heavy atom. The second kappa shape index (κ2) is 6.13. The molecule has 7 heteroatoms. The second-order valence-corrected chi connectivity index (χ2v) is 5.60. The number of nitrogens with one attached hydrogen (secondary N) is 1. The molecule has 2 aromatic carbocycles. The number of thiazole rings is 1. The fourth-order valence-corrected chi connectivity index (χ4v) is 2.68. The van der Waals surface area contributed by atoms with E-state index in [0.29, 0.717) is 16.5 Å². The number of carbonyl (C=O) groups excluding carboxylic acids is 1. The van der Waals surface area contributed by atoms with Gasteiger partial charge in [-0.25, -0.2) is 13.8 Å². The van der Waals surface area contributed by atoms with Gasteiger partial charge in [0.15, 0.2) is 16.8 Å². The summed E-state index contributed by atoms with van der Waals surface area (Å²) < 4.78 is 26.0. The van der Waals surface area contributed by atoms with Gasteiger partial charge in [0.25, 0.3) is 5.91 Å². The predicted molar refractivity (Wildman–Crippen MR) is 86.3 cm³/mol. The Kier molecular flexibility index (Phi) is 4.03. The minimum absolute atomic E-state index is 0.0182. The minimum Gasteiger partial charge on any atom is -0.399 e. The van der Waals surface area contributed by atoms with Crippen molar-refractivity contribution in [2.45, 2.75) is 0 Å². The lowest BCUT2D eigenvalue weighted by molar-refractivity contribution is 0.102. The zero-order valence-corrected chi connectivity index (χ0v) is 12.5. The summed E-state index contributed by atoms with van der Waals surface area (Å²) in [5.41, 5.74) is 7.86. The molecular formula is C16H11F2N3OS. The van der Waals surface area contributed by atoms with Crippen LogP contribution in [0.5, 0.6) is 0 Å². The Balaban J connectivity index is 1.78. The summed E-state index contributed by atoms with van der Waals surface area (Å²) in [6.45, 7) is 0. The number of nitrogen functional groups attached to an aromatic ring is 1. The quantitative estimate of drug-likeness (QED) is 0.715.